The molecule has 0 bridgehead atoms. The highest BCUT2D eigenvalue weighted by Gasteiger charge is 2.22. The van der Waals surface area contributed by atoms with Gasteiger partial charge in [0.25, 0.3) is 0 Å². The van der Waals surface area contributed by atoms with Crippen molar-refractivity contribution in [1.29, 1.82) is 0 Å². The van der Waals surface area contributed by atoms with Gasteiger partial charge in [-0.2, -0.15) is 0 Å². The average molecular weight is 196 g/mol. The normalized spacial score (nSPS) is 15.1. The number of hydrogen-bond acceptors (Lipinski definition) is 4. The number of nitrogens with two attached hydrogens (primary N) is 1. The summed E-state index contributed by atoms with van der Waals surface area (Å²) in [4.78, 5) is 11.1. The minimum absolute atomic E-state index is 0.191. The summed E-state index contributed by atoms with van der Waals surface area (Å²) in [5, 5.41) is 8.79. The Morgan fingerprint density at radius 2 is 2.57 bits per heavy atom. The zero-order valence-electron chi connectivity index (χ0n) is 7.62. The molecule has 0 spiro atoms. The number of carbonyl (C=O) groups is 1. The Balaban J connectivity index is 1.75. The second kappa shape index (κ2) is 3.57. The molecule has 1 aromatic heterocycles. The third kappa shape index (κ3) is 2.38. The highest BCUT2D eigenvalue weighted by atomic mass is 16.6. The van der Waals surface area contributed by atoms with Gasteiger partial charge < -0.3 is 15.8 Å². The Hall–Kier alpha value is -1.72. The quantitative estimate of drug-likeness (QED) is 0.655. The van der Waals surface area contributed by atoms with Gasteiger partial charge in [-0.1, -0.05) is 0 Å². The molecule has 6 heteroatoms. The average Bonchev–Trinajstić information content (AvgIpc) is 2.88. The first-order valence-corrected chi connectivity index (χ1v) is 4.50. The predicted molar refractivity (Wildman–Crippen MR) is 49.8 cm³/mol. The molecule has 14 heavy (non-hydrogen) atoms. The number of ether oxygens (including phenoxy) is 1. The molecule has 0 radical (unpaired) electrons. The third-order valence-corrected chi connectivity index (χ3v) is 2.00. The number of hydrogen-bond donors (Lipinski definition) is 3. The number of nitrogens with zero attached hydrogens (tertiary/aromatic N) is 1. The molecule has 1 aromatic rings. The maximum Gasteiger partial charge on any atom is 0.414 e. The van der Waals surface area contributed by atoms with Gasteiger partial charge in [-0.25, -0.2) is 4.79 Å². The molecule has 1 heterocycles. The highest BCUT2D eigenvalue weighted by molar-refractivity contribution is 5.70. The van der Waals surface area contributed by atoms with Crippen molar-refractivity contribution in [3.05, 3.63) is 6.07 Å². The van der Waals surface area contributed by atoms with Gasteiger partial charge >= 0.3 is 6.09 Å². The van der Waals surface area contributed by atoms with Gasteiger partial charge in [-0.3, -0.25) is 5.10 Å². The topological polar surface area (TPSA) is 93.0 Å². The largest absolute Gasteiger partial charge is 0.414 e. The fraction of sp³-hybridized carbons (Fsp3) is 0.500. The van der Waals surface area contributed by atoms with Crippen LogP contribution in [-0.4, -0.2) is 22.8 Å². The van der Waals surface area contributed by atoms with Gasteiger partial charge in [0.05, 0.1) is 0 Å². The minimum atomic E-state index is -0.483. The number of nitrogen functional groups attached to an aromatic ring is 1. The van der Waals surface area contributed by atoms with E-state index in [1.807, 2.05) is 0 Å². The van der Waals surface area contributed by atoms with E-state index in [1.165, 1.54) is 18.9 Å². The molecule has 0 saturated heterocycles. The van der Waals surface area contributed by atoms with Gasteiger partial charge in [0.2, 0.25) is 5.88 Å². The van der Waals surface area contributed by atoms with Gasteiger partial charge in [0, 0.05) is 12.6 Å². The zero-order chi connectivity index (χ0) is 9.97. The standard InChI is InChI=1S/C8H12N4O2/c9-6-3-7(12-11-6)14-8(13)10-4-5-1-2-5/h3,5H,1-2,4H2,(H,10,13)(H3,9,11,12). The van der Waals surface area contributed by atoms with E-state index in [9.17, 15) is 4.79 Å². The number of nitrogens with one attached hydrogen (secondary N) is 2. The summed E-state index contributed by atoms with van der Waals surface area (Å²) in [6.45, 7) is 0.679. The minimum Gasteiger partial charge on any atom is -0.390 e. The molecule has 6 nitrogen and oxygen atoms in total. The van der Waals surface area contributed by atoms with E-state index in [2.05, 4.69) is 15.5 Å². The maximum absolute atomic E-state index is 11.1. The van der Waals surface area contributed by atoms with E-state index < -0.39 is 6.09 Å². The van der Waals surface area contributed by atoms with Crippen molar-refractivity contribution >= 4 is 11.9 Å². The molecular weight excluding hydrogens is 184 g/mol. The summed E-state index contributed by atoms with van der Waals surface area (Å²) in [7, 11) is 0. The maximum atomic E-state index is 11.1. The van der Waals surface area contributed by atoms with Crippen LogP contribution in [0.2, 0.25) is 0 Å². The van der Waals surface area contributed by atoms with Crippen LogP contribution in [0.4, 0.5) is 10.6 Å². The van der Waals surface area contributed by atoms with Crippen molar-refractivity contribution in [2.75, 3.05) is 12.3 Å². The van der Waals surface area contributed by atoms with E-state index >= 15 is 0 Å². The molecule has 76 valence electrons. The Bertz CT molecular complexity index is 332. The number of carbonyl (C=O) groups excluding carboxylic acids is 1. The van der Waals surface area contributed by atoms with Crippen LogP contribution >= 0.6 is 0 Å². The van der Waals surface area contributed by atoms with Crippen LogP contribution < -0.4 is 15.8 Å². The monoisotopic (exact) mass is 196 g/mol. The summed E-state index contributed by atoms with van der Waals surface area (Å²) >= 11 is 0. The SMILES string of the molecule is Nc1cc(OC(=O)NCC2CC2)n[nH]1. The van der Waals surface area contributed by atoms with E-state index in [4.69, 9.17) is 10.5 Å². The number of aromatic amines is 1. The van der Waals surface area contributed by atoms with Crippen LogP contribution in [0.1, 0.15) is 12.8 Å². The van der Waals surface area contributed by atoms with E-state index in [0.29, 0.717) is 18.3 Å². The summed E-state index contributed by atoms with van der Waals surface area (Å²) in [6.07, 6.45) is 1.90. The first-order chi connectivity index (χ1) is 6.74. The first kappa shape index (κ1) is 8.86. The van der Waals surface area contributed by atoms with Crippen LogP contribution in [0.5, 0.6) is 5.88 Å². The molecule has 4 N–H and O–H groups in total. The molecule has 0 aromatic carbocycles. The second-order valence-corrected chi connectivity index (χ2v) is 3.38. The van der Waals surface area contributed by atoms with E-state index in [1.54, 1.807) is 0 Å². The van der Waals surface area contributed by atoms with Gasteiger partial charge in [-0.15, -0.1) is 5.10 Å². The smallest absolute Gasteiger partial charge is 0.390 e. The van der Waals surface area contributed by atoms with Crippen molar-refractivity contribution in [3.63, 3.8) is 0 Å². The molecule has 1 amide bonds. The molecule has 2 rings (SSSR count). The highest BCUT2D eigenvalue weighted by Crippen LogP contribution is 2.27. The lowest BCUT2D eigenvalue weighted by molar-refractivity contribution is 0.198. The Kier molecular flexibility index (Phi) is 2.26. The number of rotatable bonds is 3. The molecule has 1 fully saturated rings. The lowest BCUT2D eigenvalue weighted by Crippen LogP contribution is -2.28. The summed E-state index contributed by atoms with van der Waals surface area (Å²) in [5.41, 5.74) is 5.36. The molecule has 0 aliphatic heterocycles. The van der Waals surface area contributed by atoms with Gasteiger partial charge in [0.15, 0.2) is 0 Å². The summed E-state index contributed by atoms with van der Waals surface area (Å²) in [6, 6.07) is 1.46. The summed E-state index contributed by atoms with van der Waals surface area (Å²) < 4.78 is 4.84. The van der Waals surface area contributed by atoms with Crippen molar-refractivity contribution in [3.8, 4) is 5.88 Å². The number of aromatic nitrogens is 2. The summed E-state index contributed by atoms with van der Waals surface area (Å²) in [5.74, 6) is 1.19. The first-order valence-electron chi connectivity index (χ1n) is 4.50. The number of anilines is 1. The fourth-order valence-electron chi connectivity index (χ4n) is 1.05. The fourth-order valence-corrected chi connectivity index (χ4v) is 1.05. The Morgan fingerprint density at radius 1 is 1.79 bits per heavy atom. The van der Waals surface area contributed by atoms with Crippen LogP contribution in [0.15, 0.2) is 6.07 Å². The lowest BCUT2D eigenvalue weighted by Gasteiger charge is -2.01. The van der Waals surface area contributed by atoms with Crippen LogP contribution in [0.3, 0.4) is 0 Å². The van der Waals surface area contributed by atoms with Crippen LogP contribution in [0.25, 0.3) is 0 Å². The van der Waals surface area contributed by atoms with Crippen molar-refractivity contribution in [2.45, 2.75) is 12.8 Å². The Morgan fingerprint density at radius 3 is 3.14 bits per heavy atom. The van der Waals surface area contributed by atoms with Gasteiger partial charge in [0.1, 0.15) is 5.82 Å². The van der Waals surface area contributed by atoms with Crippen molar-refractivity contribution < 1.29 is 9.53 Å². The number of amides is 1. The zero-order valence-corrected chi connectivity index (χ0v) is 7.62. The molecule has 0 unspecified atom stereocenters. The van der Waals surface area contributed by atoms with E-state index in [0.717, 1.165) is 0 Å². The lowest BCUT2D eigenvalue weighted by atomic mass is 10.4. The van der Waals surface area contributed by atoms with Gasteiger partial charge in [-0.05, 0) is 18.8 Å². The molecule has 0 atom stereocenters. The molecular formula is C8H12N4O2. The molecule has 1 aliphatic carbocycles. The third-order valence-electron chi connectivity index (χ3n) is 2.00. The molecule has 1 saturated carbocycles. The van der Waals surface area contributed by atoms with Crippen LogP contribution in [0, 0.1) is 5.92 Å². The predicted octanol–water partition coefficient (Wildman–Crippen LogP) is 0.490. The van der Waals surface area contributed by atoms with Crippen molar-refractivity contribution in [2.24, 2.45) is 5.92 Å². The Labute approximate surface area is 80.8 Å². The van der Waals surface area contributed by atoms with Crippen molar-refractivity contribution in [1.82, 2.24) is 15.5 Å². The number of H-pyrrole nitrogens is 1. The molecule has 1 aliphatic rings. The van der Waals surface area contributed by atoms with E-state index in [-0.39, 0.29) is 5.88 Å². The second-order valence-electron chi connectivity index (χ2n) is 3.38. The van der Waals surface area contributed by atoms with Crippen LogP contribution in [-0.2, 0) is 0 Å².